The number of carbonyl (C=O) groups is 1. The van der Waals surface area contributed by atoms with Crippen LogP contribution in [0.5, 0.6) is 0 Å². The van der Waals surface area contributed by atoms with Gasteiger partial charge < -0.3 is 10.0 Å². The molecule has 0 aromatic heterocycles. The minimum absolute atomic E-state index is 0.323. The topological polar surface area (TPSA) is 88.1 Å². The van der Waals surface area contributed by atoms with Gasteiger partial charge in [0.15, 0.2) is 0 Å². The van der Waals surface area contributed by atoms with Gasteiger partial charge >= 0.3 is 5.97 Å². The molecule has 1 aromatic rings. The van der Waals surface area contributed by atoms with Crippen molar-refractivity contribution in [2.24, 2.45) is 5.92 Å². The van der Waals surface area contributed by atoms with Crippen LogP contribution in [0.15, 0.2) is 18.2 Å². The molecule has 5 heteroatoms. The molecule has 0 amide bonds. The van der Waals surface area contributed by atoms with Crippen molar-refractivity contribution in [3.8, 4) is 12.1 Å². The molecule has 0 aliphatic carbocycles. The van der Waals surface area contributed by atoms with E-state index >= 15 is 0 Å². The molecule has 2 rings (SSSR count). The number of anilines is 1. The van der Waals surface area contributed by atoms with Gasteiger partial charge in [0.1, 0.15) is 12.1 Å². The molecule has 0 radical (unpaired) electrons. The van der Waals surface area contributed by atoms with Crippen molar-refractivity contribution >= 4 is 11.7 Å². The summed E-state index contributed by atoms with van der Waals surface area (Å²) in [5.74, 6) is -1.09. The van der Waals surface area contributed by atoms with Gasteiger partial charge in [0, 0.05) is 13.1 Å². The van der Waals surface area contributed by atoms with Crippen LogP contribution in [-0.4, -0.2) is 24.2 Å². The lowest BCUT2D eigenvalue weighted by atomic mass is 9.95. The second-order valence-electron chi connectivity index (χ2n) is 4.52. The van der Waals surface area contributed by atoms with Crippen LogP contribution >= 0.6 is 0 Å². The van der Waals surface area contributed by atoms with E-state index in [0.717, 1.165) is 0 Å². The third-order valence-electron chi connectivity index (χ3n) is 3.44. The van der Waals surface area contributed by atoms with E-state index in [4.69, 9.17) is 15.6 Å². The monoisotopic (exact) mass is 255 g/mol. The van der Waals surface area contributed by atoms with Crippen LogP contribution in [0, 0.1) is 28.6 Å². The van der Waals surface area contributed by atoms with Crippen molar-refractivity contribution in [2.45, 2.75) is 12.8 Å². The number of carboxylic acid groups (broad SMARTS) is 1. The van der Waals surface area contributed by atoms with Gasteiger partial charge in [-0.25, -0.2) is 0 Å². The molecule has 1 aliphatic heterocycles. The van der Waals surface area contributed by atoms with Crippen LogP contribution in [0.1, 0.15) is 24.0 Å². The van der Waals surface area contributed by atoms with Crippen molar-refractivity contribution in [1.82, 2.24) is 0 Å². The number of piperidine rings is 1. The van der Waals surface area contributed by atoms with Crippen molar-refractivity contribution in [2.75, 3.05) is 18.0 Å². The zero-order chi connectivity index (χ0) is 13.8. The second-order valence-corrected chi connectivity index (χ2v) is 4.52. The Balaban J connectivity index is 2.27. The van der Waals surface area contributed by atoms with Gasteiger partial charge in [-0.15, -0.1) is 0 Å². The molecule has 5 nitrogen and oxygen atoms in total. The van der Waals surface area contributed by atoms with Crippen molar-refractivity contribution in [3.05, 3.63) is 29.3 Å². The lowest BCUT2D eigenvalue weighted by molar-refractivity contribution is -0.142. The summed E-state index contributed by atoms with van der Waals surface area (Å²) in [4.78, 5) is 12.9. The molecular formula is C14H13N3O2. The normalized spacial score (nSPS) is 15.6. The molecule has 1 aliphatic rings. The number of hydrogen-bond acceptors (Lipinski definition) is 4. The van der Waals surface area contributed by atoms with E-state index in [1.54, 1.807) is 18.2 Å². The summed E-state index contributed by atoms with van der Waals surface area (Å²) < 4.78 is 0. The number of carboxylic acids is 1. The standard InChI is InChI=1S/C14H13N3O2/c15-8-11-2-1-3-12(9-16)13(11)17-6-4-10(5-7-17)14(18)19/h1-3,10H,4-7H2,(H,18,19). The minimum Gasteiger partial charge on any atom is -0.481 e. The summed E-state index contributed by atoms with van der Waals surface area (Å²) in [7, 11) is 0. The number of nitrogens with zero attached hydrogens (tertiary/aromatic N) is 3. The highest BCUT2D eigenvalue weighted by Crippen LogP contribution is 2.29. The Morgan fingerprint density at radius 3 is 2.16 bits per heavy atom. The predicted molar refractivity (Wildman–Crippen MR) is 68.4 cm³/mol. The highest BCUT2D eigenvalue weighted by Gasteiger charge is 2.26. The Kier molecular flexibility index (Phi) is 3.68. The van der Waals surface area contributed by atoms with E-state index in [0.29, 0.717) is 42.7 Å². The Labute approximate surface area is 111 Å². The maximum absolute atomic E-state index is 10.9. The van der Waals surface area contributed by atoms with E-state index in [1.807, 2.05) is 4.90 Å². The molecule has 1 saturated heterocycles. The highest BCUT2D eigenvalue weighted by molar-refractivity contribution is 5.72. The summed E-state index contributed by atoms with van der Waals surface area (Å²) in [5.41, 5.74) is 1.57. The van der Waals surface area contributed by atoms with E-state index in [1.165, 1.54) is 0 Å². The first-order valence-corrected chi connectivity index (χ1v) is 6.08. The van der Waals surface area contributed by atoms with Crippen LogP contribution < -0.4 is 4.90 Å². The lowest BCUT2D eigenvalue weighted by Crippen LogP contribution is -2.37. The summed E-state index contributed by atoms with van der Waals surface area (Å²) >= 11 is 0. The summed E-state index contributed by atoms with van der Waals surface area (Å²) in [6.45, 7) is 1.12. The molecule has 96 valence electrons. The van der Waals surface area contributed by atoms with Crippen molar-refractivity contribution in [1.29, 1.82) is 10.5 Å². The Bertz CT molecular complexity index is 543. The third-order valence-corrected chi connectivity index (χ3v) is 3.44. The van der Waals surface area contributed by atoms with Gasteiger partial charge in [0.2, 0.25) is 0 Å². The fourth-order valence-electron chi connectivity index (χ4n) is 2.41. The smallest absolute Gasteiger partial charge is 0.306 e. The van der Waals surface area contributed by atoms with Crippen molar-refractivity contribution in [3.63, 3.8) is 0 Å². The van der Waals surface area contributed by atoms with Crippen LogP contribution in [0.4, 0.5) is 5.69 Å². The Hall–Kier alpha value is -2.53. The molecule has 0 unspecified atom stereocenters. The van der Waals surface area contributed by atoms with E-state index < -0.39 is 5.97 Å². The molecule has 0 spiro atoms. The fourth-order valence-corrected chi connectivity index (χ4v) is 2.41. The molecule has 0 bridgehead atoms. The number of rotatable bonds is 2. The van der Waals surface area contributed by atoms with Gasteiger partial charge in [-0.3, -0.25) is 4.79 Å². The summed E-state index contributed by atoms with van der Waals surface area (Å²) in [6, 6.07) is 9.23. The Morgan fingerprint density at radius 1 is 1.21 bits per heavy atom. The van der Waals surface area contributed by atoms with Crippen LogP contribution in [-0.2, 0) is 4.79 Å². The molecule has 19 heavy (non-hydrogen) atoms. The maximum Gasteiger partial charge on any atom is 0.306 e. The van der Waals surface area contributed by atoms with Gasteiger partial charge in [0.05, 0.1) is 22.7 Å². The molecule has 1 aromatic carbocycles. The second kappa shape index (κ2) is 5.41. The number of benzene rings is 1. The van der Waals surface area contributed by atoms with Gasteiger partial charge in [0.25, 0.3) is 0 Å². The summed E-state index contributed by atoms with van der Waals surface area (Å²) in [5, 5.41) is 27.2. The number of nitriles is 2. The van der Waals surface area contributed by atoms with E-state index in [-0.39, 0.29) is 5.92 Å². The van der Waals surface area contributed by atoms with Gasteiger partial charge in [-0.1, -0.05) is 6.07 Å². The van der Waals surface area contributed by atoms with E-state index in [9.17, 15) is 4.79 Å². The average molecular weight is 255 g/mol. The predicted octanol–water partition coefficient (Wildman–Crippen LogP) is 1.73. The molecule has 0 saturated carbocycles. The van der Waals surface area contributed by atoms with Crippen LogP contribution in [0.25, 0.3) is 0 Å². The molecular weight excluding hydrogens is 242 g/mol. The SMILES string of the molecule is N#Cc1cccc(C#N)c1N1CCC(C(=O)O)CC1. The first-order valence-electron chi connectivity index (χ1n) is 6.08. The molecule has 1 heterocycles. The van der Waals surface area contributed by atoms with Gasteiger partial charge in [-0.05, 0) is 25.0 Å². The molecule has 1 N–H and O–H groups in total. The minimum atomic E-state index is -0.770. The third kappa shape index (κ3) is 2.51. The number of hydrogen-bond donors (Lipinski definition) is 1. The van der Waals surface area contributed by atoms with Crippen molar-refractivity contribution < 1.29 is 9.90 Å². The zero-order valence-corrected chi connectivity index (χ0v) is 10.3. The molecule has 1 fully saturated rings. The largest absolute Gasteiger partial charge is 0.481 e. The molecule has 0 atom stereocenters. The lowest BCUT2D eigenvalue weighted by Gasteiger charge is -2.32. The fraction of sp³-hybridized carbons (Fsp3) is 0.357. The number of aliphatic carboxylic acids is 1. The quantitative estimate of drug-likeness (QED) is 0.869. The summed E-state index contributed by atoms with van der Waals surface area (Å²) in [6.07, 6.45) is 1.08. The number of para-hydroxylation sites is 1. The van der Waals surface area contributed by atoms with Crippen LogP contribution in [0.2, 0.25) is 0 Å². The zero-order valence-electron chi connectivity index (χ0n) is 10.3. The first kappa shape index (κ1) is 12.9. The van der Waals surface area contributed by atoms with Crippen LogP contribution in [0.3, 0.4) is 0 Å². The average Bonchev–Trinajstić information content (AvgIpc) is 2.46. The first-order chi connectivity index (χ1) is 9.17. The van der Waals surface area contributed by atoms with E-state index in [2.05, 4.69) is 12.1 Å². The van der Waals surface area contributed by atoms with Gasteiger partial charge in [-0.2, -0.15) is 10.5 Å². The highest BCUT2D eigenvalue weighted by atomic mass is 16.4. The Morgan fingerprint density at radius 2 is 1.74 bits per heavy atom. The maximum atomic E-state index is 10.9.